The number of esters is 1. The maximum absolute atomic E-state index is 12.3. The van der Waals surface area contributed by atoms with Crippen LogP contribution in [0, 0.1) is 0 Å². The van der Waals surface area contributed by atoms with Crippen LogP contribution in [-0.4, -0.2) is 51.5 Å². The molecule has 1 saturated heterocycles. The molecule has 4 rings (SSSR count). The second-order valence-electron chi connectivity index (χ2n) is 8.88. The molecule has 0 radical (unpaired) electrons. The molecule has 38 heavy (non-hydrogen) atoms. The van der Waals surface area contributed by atoms with Gasteiger partial charge in [0.2, 0.25) is 5.88 Å². The Hall–Kier alpha value is -3.08. The molecule has 0 spiro atoms. The lowest BCUT2D eigenvalue weighted by Gasteiger charge is -2.23. The summed E-state index contributed by atoms with van der Waals surface area (Å²) in [5, 5.41) is 11.6. The molecule has 2 aromatic carbocycles. The van der Waals surface area contributed by atoms with E-state index in [4.69, 9.17) is 38.0 Å². The zero-order valence-corrected chi connectivity index (χ0v) is 23.5. The molecule has 2 heterocycles. The van der Waals surface area contributed by atoms with E-state index in [1.807, 2.05) is 60.4 Å². The maximum atomic E-state index is 12.3. The van der Waals surface area contributed by atoms with Gasteiger partial charge in [-0.3, -0.25) is 14.2 Å². The Morgan fingerprint density at radius 2 is 2.05 bits per heavy atom. The zero-order valence-electron chi connectivity index (χ0n) is 21.1. The number of carbonyl (C=O) groups is 1. The molecular weight excluding hydrogens is 548 g/mol. The van der Waals surface area contributed by atoms with Crippen molar-refractivity contribution < 1.29 is 24.1 Å². The van der Waals surface area contributed by atoms with Crippen LogP contribution in [0.25, 0.3) is 0 Å². The van der Waals surface area contributed by atoms with E-state index in [0.717, 1.165) is 22.5 Å². The molecule has 1 aliphatic rings. The Morgan fingerprint density at radius 3 is 2.76 bits per heavy atom. The van der Waals surface area contributed by atoms with Crippen molar-refractivity contribution in [2.45, 2.75) is 45.4 Å². The molecule has 1 N–H and O–H groups in total. The van der Waals surface area contributed by atoms with Crippen molar-refractivity contribution in [1.82, 2.24) is 9.47 Å². The zero-order chi connectivity index (χ0) is 27.2. The fourth-order valence-corrected chi connectivity index (χ4v) is 5.62. The van der Waals surface area contributed by atoms with Crippen molar-refractivity contribution >= 4 is 46.3 Å². The lowest BCUT2D eigenvalue weighted by Crippen LogP contribution is -2.37. The molecule has 2 atom stereocenters. The summed E-state index contributed by atoms with van der Waals surface area (Å²) in [6, 6.07) is 15.1. The fourth-order valence-electron chi connectivity index (χ4n) is 4.11. The summed E-state index contributed by atoms with van der Waals surface area (Å²) < 4.78 is 18.0. The number of ether oxygens (including phenoxy) is 3. The summed E-state index contributed by atoms with van der Waals surface area (Å²) in [4.78, 5) is 26.1. The van der Waals surface area contributed by atoms with Crippen LogP contribution in [0.3, 0.4) is 0 Å². The van der Waals surface area contributed by atoms with Crippen LogP contribution in [0.15, 0.2) is 53.3 Å². The maximum Gasteiger partial charge on any atom is 0.310 e. The number of aromatic nitrogens is 1. The van der Waals surface area contributed by atoms with Crippen molar-refractivity contribution in [3.8, 4) is 11.6 Å². The van der Waals surface area contributed by atoms with Gasteiger partial charge in [0.1, 0.15) is 18.5 Å². The van der Waals surface area contributed by atoms with Crippen molar-refractivity contribution in [3.63, 3.8) is 0 Å². The molecule has 0 unspecified atom stereocenters. The number of halogens is 1. The molecule has 0 aliphatic carbocycles. The number of hydrogen-bond acceptors (Lipinski definition) is 8. The Kier molecular flexibility index (Phi) is 9.30. The average molecular weight is 577 g/mol. The van der Waals surface area contributed by atoms with Gasteiger partial charge in [-0.05, 0) is 61.5 Å². The third kappa shape index (κ3) is 6.86. The van der Waals surface area contributed by atoms with Gasteiger partial charge >= 0.3 is 10.8 Å². The van der Waals surface area contributed by atoms with Gasteiger partial charge in [-0.2, -0.15) is 0 Å². The van der Waals surface area contributed by atoms with Crippen molar-refractivity contribution in [1.29, 1.82) is 0 Å². The van der Waals surface area contributed by atoms with Crippen LogP contribution < -0.4 is 9.61 Å². The summed E-state index contributed by atoms with van der Waals surface area (Å²) in [6.45, 7) is 5.14. The predicted octanol–water partition coefficient (Wildman–Crippen LogP) is 4.94. The minimum Gasteiger partial charge on any atom is -0.494 e. The smallest absolute Gasteiger partial charge is 0.310 e. The van der Waals surface area contributed by atoms with Crippen LogP contribution >= 0.6 is 35.2 Å². The molecule has 202 valence electrons. The van der Waals surface area contributed by atoms with E-state index in [1.54, 1.807) is 6.92 Å². The number of thiocarbonyl (C=S) groups is 1. The minimum atomic E-state index is -0.406. The third-order valence-electron chi connectivity index (χ3n) is 6.15. The van der Waals surface area contributed by atoms with E-state index in [2.05, 4.69) is 0 Å². The molecule has 11 heteroatoms. The summed E-state index contributed by atoms with van der Waals surface area (Å²) in [5.74, 6) is 0.178. The normalized spacial score (nSPS) is 15.8. The molecule has 1 fully saturated rings. The summed E-state index contributed by atoms with van der Waals surface area (Å²) >= 11 is 12.5. The van der Waals surface area contributed by atoms with Gasteiger partial charge in [-0.25, -0.2) is 0 Å². The average Bonchev–Trinajstić information content (AvgIpc) is 3.41. The topological polar surface area (TPSA) is 90.2 Å². The van der Waals surface area contributed by atoms with Crippen LogP contribution in [0.2, 0.25) is 5.02 Å². The van der Waals surface area contributed by atoms with Crippen LogP contribution in [0.5, 0.6) is 11.6 Å². The lowest BCUT2D eigenvalue weighted by atomic mass is 10.1. The van der Waals surface area contributed by atoms with Crippen molar-refractivity contribution in [3.05, 3.63) is 79.2 Å². The first-order valence-corrected chi connectivity index (χ1v) is 13.9. The number of thiazole rings is 1. The van der Waals surface area contributed by atoms with Crippen LogP contribution in [0.1, 0.15) is 42.4 Å². The van der Waals surface area contributed by atoms with Gasteiger partial charge in [0.15, 0.2) is 0 Å². The first-order chi connectivity index (χ1) is 18.2. The number of aromatic hydroxyl groups is 1. The quantitative estimate of drug-likeness (QED) is 0.254. The van der Waals surface area contributed by atoms with Gasteiger partial charge in [0.25, 0.3) is 5.17 Å². The second kappa shape index (κ2) is 12.6. The summed E-state index contributed by atoms with van der Waals surface area (Å²) in [5.41, 5.74) is 1.90. The monoisotopic (exact) mass is 576 g/mol. The number of rotatable bonds is 11. The molecule has 0 saturated carbocycles. The minimum absolute atomic E-state index is 0.00467. The SMILES string of the molecule is CCOC(=O)CCn1c(O)c(Cc2ccc(OC[C@@H](C)N3C[C@@H](c4cccc(Cl)c4)OC3=S)cc2)sc1=O. The molecule has 3 aromatic rings. The number of benzene rings is 2. The summed E-state index contributed by atoms with van der Waals surface area (Å²) in [7, 11) is 0. The van der Waals surface area contributed by atoms with Crippen molar-refractivity contribution in [2.75, 3.05) is 19.8 Å². The molecule has 1 aromatic heterocycles. The highest BCUT2D eigenvalue weighted by atomic mass is 35.5. The van der Waals surface area contributed by atoms with Gasteiger partial charge in [-0.1, -0.05) is 47.2 Å². The molecule has 1 aliphatic heterocycles. The van der Waals surface area contributed by atoms with Gasteiger partial charge in [0, 0.05) is 18.0 Å². The van der Waals surface area contributed by atoms with E-state index in [1.165, 1.54) is 4.57 Å². The highest BCUT2D eigenvalue weighted by Crippen LogP contribution is 2.30. The first-order valence-electron chi connectivity index (χ1n) is 12.3. The lowest BCUT2D eigenvalue weighted by molar-refractivity contribution is -0.143. The number of hydrogen-bond donors (Lipinski definition) is 1. The Morgan fingerprint density at radius 1 is 1.29 bits per heavy atom. The molecule has 0 amide bonds. The van der Waals surface area contributed by atoms with E-state index in [-0.39, 0.29) is 42.5 Å². The van der Waals surface area contributed by atoms with E-state index in [0.29, 0.717) is 40.4 Å². The second-order valence-corrected chi connectivity index (χ2v) is 10.7. The Labute approximate surface area is 235 Å². The summed E-state index contributed by atoms with van der Waals surface area (Å²) in [6.07, 6.45) is 0.242. The standard InChI is InChI=1S/C27H29ClN2O6S2/c1-3-34-24(31)11-12-29-25(32)23(38-26(29)33)13-18-7-9-21(10-8-18)35-16-17(2)30-15-22(36-27(30)37)19-5-4-6-20(28)14-19/h4-10,14,17,22,32H,3,11-13,15-16H2,1-2H3/t17-,22+/m1/s1. The highest BCUT2D eigenvalue weighted by molar-refractivity contribution is 7.80. The molecule has 8 nitrogen and oxygen atoms in total. The van der Waals surface area contributed by atoms with Gasteiger partial charge in [-0.15, -0.1) is 0 Å². The molecular formula is C27H29ClN2O6S2. The van der Waals surface area contributed by atoms with E-state index >= 15 is 0 Å². The number of carbonyl (C=O) groups excluding carboxylic acids is 1. The van der Waals surface area contributed by atoms with E-state index < -0.39 is 5.97 Å². The van der Waals surface area contributed by atoms with Crippen LogP contribution in [0.4, 0.5) is 0 Å². The Balaban J connectivity index is 1.30. The first kappa shape index (κ1) is 27.9. The van der Waals surface area contributed by atoms with Crippen molar-refractivity contribution in [2.24, 2.45) is 0 Å². The fraction of sp³-hybridized carbons (Fsp3) is 0.370. The van der Waals surface area contributed by atoms with Gasteiger partial charge in [0.05, 0.1) is 30.5 Å². The van der Waals surface area contributed by atoms with Gasteiger partial charge < -0.3 is 24.2 Å². The Bertz CT molecular complexity index is 1340. The largest absolute Gasteiger partial charge is 0.494 e. The number of nitrogens with zero attached hydrogens (tertiary/aromatic N) is 2. The highest BCUT2D eigenvalue weighted by Gasteiger charge is 2.32. The van der Waals surface area contributed by atoms with Crippen LogP contribution in [-0.2, 0) is 27.2 Å². The third-order valence-corrected chi connectivity index (χ3v) is 7.69. The van der Waals surface area contributed by atoms with E-state index in [9.17, 15) is 14.7 Å². The molecule has 0 bridgehead atoms. The predicted molar refractivity (Wildman–Crippen MR) is 150 cm³/mol.